The smallest absolute Gasteiger partial charge is 0.281 e. The highest BCUT2D eigenvalue weighted by atomic mass is 79.9. The second kappa shape index (κ2) is 6.43. The van der Waals surface area contributed by atoms with E-state index in [0.717, 1.165) is 28.0 Å². The molecule has 0 saturated carbocycles. The minimum atomic E-state index is -0.0601. The third kappa shape index (κ3) is 3.98. The molecule has 6 heteroatoms. The van der Waals surface area contributed by atoms with Crippen LogP contribution in [0.4, 0.5) is 10.5 Å². The first kappa shape index (κ1) is 14.4. The number of halogens is 1. The van der Waals surface area contributed by atoms with Crippen LogP contribution in [-0.2, 0) is 4.79 Å². The molecule has 0 atom stereocenters. The number of nitrogens with zero attached hydrogens (tertiary/aromatic N) is 1. The fourth-order valence-corrected chi connectivity index (χ4v) is 3.17. The maximum atomic E-state index is 11.8. The van der Waals surface area contributed by atoms with Crippen molar-refractivity contribution in [3.05, 3.63) is 28.2 Å². The molecule has 0 aliphatic carbocycles. The number of carbonyl (C=O) groups excluding carboxylic acids is 2. The number of thioether (sulfide) groups is 1. The summed E-state index contributed by atoms with van der Waals surface area (Å²) in [7, 11) is 0. The van der Waals surface area contributed by atoms with Crippen LogP contribution in [0.3, 0.4) is 0 Å². The zero-order valence-corrected chi connectivity index (χ0v) is 13.0. The SMILES string of the molecule is Cc1cc(Br)ccc1NC(=O)CCN1CCSC1=O. The Kier molecular flexibility index (Phi) is 4.87. The van der Waals surface area contributed by atoms with Crippen molar-refractivity contribution in [2.24, 2.45) is 0 Å². The van der Waals surface area contributed by atoms with Gasteiger partial charge in [0, 0.05) is 35.4 Å². The Hall–Kier alpha value is -1.01. The highest BCUT2D eigenvalue weighted by Crippen LogP contribution is 2.21. The summed E-state index contributed by atoms with van der Waals surface area (Å²) in [5, 5.41) is 2.95. The monoisotopic (exact) mass is 342 g/mol. The first-order valence-corrected chi connectivity index (χ1v) is 7.82. The van der Waals surface area contributed by atoms with Crippen LogP contribution >= 0.6 is 27.7 Å². The molecular weight excluding hydrogens is 328 g/mol. The number of anilines is 1. The molecule has 19 heavy (non-hydrogen) atoms. The quantitative estimate of drug-likeness (QED) is 0.913. The summed E-state index contributed by atoms with van der Waals surface area (Å²) in [6.07, 6.45) is 0.335. The lowest BCUT2D eigenvalue weighted by atomic mass is 10.2. The fourth-order valence-electron chi connectivity index (χ4n) is 1.85. The molecule has 0 radical (unpaired) electrons. The maximum Gasteiger partial charge on any atom is 0.281 e. The average Bonchev–Trinajstić information content (AvgIpc) is 2.76. The topological polar surface area (TPSA) is 49.4 Å². The lowest BCUT2D eigenvalue weighted by Gasteiger charge is -2.14. The van der Waals surface area contributed by atoms with Gasteiger partial charge in [0.2, 0.25) is 5.91 Å². The molecule has 1 N–H and O–H groups in total. The summed E-state index contributed by atoms with van der Waals surface area (Å²) in [5.41, 5.74) is 1.82. The van der Waals surface area contributed by atoms with Crippen LogP contribution in [0, 0.1) is 6.92 Å². The van der Waals surface area contributed by atoms with Gasteiger partial charge in [-0.15, -0.1) is 0 Å². The average molecular weight is 343 g/mol. The van der Waals surface area contributed by atoms with Crippen LogP contribution in [0.1, 0.15) is 12.0 Å². The number of aryl methyl sites for hydroxylation is 1. The van der Waals surface area contributed by atoms with Crippen LogP contribution in [-0.4, -0.2) is 34.9 Å². The lowest BCUT2D eigenvalue weighted by molar-refractivity contribution is -0.116. The maximum absolute atomic E-state index is 11.8. The first-order chi connectivity index (χ1) is 9.06. The molecule has 1 aliphatic rings. The van der Waals surface area contributed by atoms with Crippen molar-refractivity contribution < 1.29 is 9.59 Å². The Balaban J connectivity index is 1.85. The van der Waals surface area contributed by atoms with Crippen molar-refractivity contribution in [3.63, 3.8) is 0 Å². The van der Waals surface area contributed by atoms with Gasteiger partial charge in [-0.2, -0.15) is 0 Å². The number of nitrogens with one attached hydrogen (secondary N) is 1. The summed E-state index contributed by atoms with van der Waals surface area (Å²) in [6, 6.07) is 5.72. The van der Waals surface area contributed by atoms with Crippen molar-refractivity contribution >= 4 is 44.5 Å². The minimum Gasteiger partial charge on any atom is -0.332 e. The second-order valence-electron chi connectivity index (χ2n) is 4.36. The van der Waals surface area contributed by atoms with E-state index in [1.807, 2.05) is 25.1 Å². The van der Waals surface area contributed by atoms with E-state index >= 15 is 0 Å². The summed E-state index contributed by atoms with van der Waals surface area (Å²) >= 11 is 4.70. The van der Waals surface area contributed by atoms with Gasteiger partial charge < -0.3 is 10.2 Å². The molecule has 1 heterocycles. The van der Waals surface area contributed by atoms with Crippen molar-refractivity contribution in [2.45, 2.75) is 13.3 Å². The van der Waals surface area contributed by atoms with Gasteiger partial charge in [0.25, 0.3) is 5.24 Å². The Morgan fingerprint density at radius 1 is 1.53 bits per heavy atom. The molecule has 0 bridgehead atoms. The third-order valence-corrected chi connectivity index (χ3v) is 4.30. The molecule has 1 fully saturated rings. The van der Waals surface area contributed by atoms with Crippen molar-refractivity contribution in [2.75, 3.05) is 24.2 Å². The molecule has 0 aromatic heterocycles. The van der Waals surface area contributed by atoms with E-state index in [-0.39, 0.29) is 11.1 Å². The standard InChI is InChI=1S/C13H15BrN2O2S/c1-9-8-10(14)2-3-11(9)15-12(17)4-5-16-6-7-19-13(16)18/h2-3,8H,4-7H2,1H3,(H,15,17). The predicted molar refractivity (Wildman–Crippen MR) is 81.6 cm³/mol. The highest BCUT2D eigenvalue weighted by Gasteiger charge is 2.21. The molecule has 0 spiro atoms. The Morgan fingerprint density at radius 3 is 2.95 bits per heavy atom. The molecule has 4 nitrogen and oxygen atoms in total. The van der Waals surface area contributed by atoms with Gasteiger partial charge in [-0.25, -0.2) is 0 Å². The van der Waals surface area contributed by atoms with Crippen LogP contribution in [0.25, 0.3) is 0 Å². The van der Waals surface area contributed by atoms with Gasteiger partial charge in [0.05, 0.1) is 0 Å². The van der Waals surface area contributed by atoms with Crippen LogP contribution in [0.15, 0.2) is 22.7 Å². The van der Waals surface area contributed by atoms with Gasteiger partial charge in [-0.05, 0) is 30.7 Å². The predicted octanol–water partition coefficient (Wildman–Crippen LogP) is 3.25. The Labute approximate surface area is 125 Å². The number of hydrogen-bond acceptors (Lipinski definition) is 3. The number of benzene rings is 1. The van der Waals surface area contributed by atoms with Crippen LogP contribution in [0.2, 0.25) is 0 Å². The van der Waals surface area contributed by atoms with E-state index in [9.17, 15) is 9.59 Å². The van der Waals surface area contributed by atoms with Gasteiger partial charge in [0.1, 0.15) is 0 Å². The van der Waals surface area contributed by atoms with E-state index in [2.05, 4.69) is 21.2 Å². The molecule has 1 saturated heterocycles. The van der Waals surface area contributed by atoms with Gasteiger partial charge >= 0.3 is 0 Å². The molecular formula is C13H15BrN2O2S. The molecule has 2 rings (SSSR count). The molecule has 1 aromatic rings. The minimum absolute atomic E-state index is 0.0601. The molecule has 0 unspecified atom stereocenters. The molecule has 1 aromatic carbocycles. The summed E-state index contributed by atoms with van der Waals surface area (Å²) in [6.45, 7) is 3.18. The summed E-state index contributed by atoms with van der Waals surface area (Å²) < 4.78 is 0.989. The normalized spacial score (nSPS) is 14.8. The van der Waals surface area contributed by atoms with E-state index in [0.29, 0.717) is 13.0 Å². The second-order valence-corrected chi connectivity index (χ2v) is 6.32. The van der Waals surface area contributed by atoms with Crippen LogP contribution < -0.4 is 5.32 Å². The first-order valence-electron chi connectivity index (χ1n) is 6.04. The van der Waals surface area contributed by atoms with E-state index in [4.69, 9.17) is 0 Å². The highest BCUT2D eigenvalue weighted by molar-refractivity contribution is 9.10. The summed E-state index contributed by atoms with van der Waals surface area (Å²) in [5.74, 6) is 0.766. The number of rotatable bonds is 4. The number of hydrogen-bond donors (Lipinski definition) is 1. The van der Waals surface area contributed by atoms with E-state index in [1.54, 1.807) is 4.90 Å². The van der Waals surface area contributed by atoms with Crippen molar-refractivity contribution in [1.29, 1.82) is 0 Å². The van der Waals surface area contributed by atoms with E-state index in [1.165, 1.54) is 11.8 Å². The lowest BCUT2D eigenvalue weighted by Crippen LogP contribution is -2.27. The molecule has 102 valence electrons. The van der Waals surface area contributed by atoms with Gasteiger partial charge in [-0.1, -0.05) is 27.7 Å². The largest absolute Gasteiger partial charge is 0.332 e. The Bertz CT molecular complexity index is 507. The molecule has 1 aliphatic heterocycles. The van der Waals surface area contributed by atoms with Gasteiger partial charge in [-0.3, -0.25) is 9.59 Å². The van der Waals surface area contributed by atoms with Crippen LogP contribution in [0.5, 0.6) is 0 Å². The zero-order chi connectivity index (χ0) is 13.8. The van der Waals surface area contributed by atoms with Gasteiger partial charge in [0.15, 0.2) is 0 Å². The van der Waals surface area contributed by atoms with E-state index < -0.39 is 0 Å². The summed E-state index contributed by atoms with van der Waals surface area (Å²) in [4.78, 5) is 25.0. The number of carbonyl (C=O) groups is 2. The fraction of sp³-hybridized carbons (Fsp3) is 0.385. The zero-order valence-electron chi connectivity index (χ0n) is 10.6. The number of amides is 2. The third-order valence-electron chi connectivity index (χ3n) is 2.92. The Morgan fingerprint density at radius 2 is 2.32 bits per heavy atom. The van der Waals surface area contributed by atoms with Crippen molar-refractivity contribution in [3.8, 4) is 0 Å². The van der Waals surface area contributed by atoms with Crippen molar-refractivity contribution in [1.82, 2.24) is 4.90 Å². The molecule has 2 amide bonds.